The predicted octanol–water partition coefficient (Wildman–Crippen LogP) is 3.66. The molecule has 0 spiro atoms. The first-order chi connectivity index (χ1) is 11.8. The zero-order chi connectivity index (χ0) is 16.4. The summed E-state index contributed by atoms with van der Waals surface area (Å²) in [6.45, 7) is 3.88. The van der Waals surface area contributed by atoms with Gasteiger partial charge in [-0.1, -0.05) is 29.8 Å². The number of benzene rings is 1. The van der Waals surface area contributed by atoms with Gasteiger partial charge < -0.3 is 14.4 Å². The van der Waals surface area contributed by atoms with Crippen molar-refractivity contribution in [1.29, 1.82) is 0 Å². The van der Waals surface area contributed by atoms with E-state index in [0.717, 1.165) is 60.7 Å². The lowest BCUT2D eigenvalue weighted by molar-refractivity contribution is 0.0398. The Morgan fingerprint density at radius 1 is 1.17 bits per heavy atom. The molecule has 1 unspecified atom stereocenters. The van der Waals surface area contributed by atoms with E-state index in [1.54, 1.807) is 0 Å². The van der Waals surface area contributed by atoms with Crippen molar-refractivity contribution < 1.29 is 9.47 Å². The third kappa shape index (κ3) is 3.42. The fourth-order valence-corrected chi connectivity index (χ4v) is 4.26. The molecule has 2 aliphatic heterocycles. The van der Waals surface area contributed by atoms with Gasteiger partial charge in [-0.25, -0.2) is 4.98 Å². The SMILES string of the molecule is Clc1ccccc1C1CN(c2nc(C3CCOCC3)ns2)CCO1. The molecule has 0 aliphatic carbocycles. The highest BCUT2D eigenvalue weighted by Crippen LogP contribution is 2.33. The highest BCUT2D eigenvalue weighted by molar-refractivity contribution is 7.09. The largest absolute Gasteiger partial charge is 0.381 e. The van der Waals surface area contributed by atoms with Crippen LogP contribution >= 0.6 is 23.1 Å². The zero-order valence-corrected chi connectivity index (χ0v) is 14.9. The van der Waals surface area contributed by atoms with Gasteiger partial charge >= 0.3 is 0 Å². The summed E-state index contributed by atoms with van der Waals surface area (Å²) >= 11 is 7.81. The Hall–Kier alpha value is -1.21. The lowest BCUT2D eigenvalue weighted by Crippen LogP contribution is -2.38. The molecule has 0 saturated carbocycles. The van der Waals surface area contributed by atoms with Gasteiger partial charge in [0.1, 0.15) is 11.9 Å². The van der Waals surface area contributed by atoms with Crippen molar-refractivity contribution in [3.63, 3.8) is 0 Å². The van der Waals surface area contributed by atoms with Crippen LogP contribution in [0.15, 0.2) is 24.3 Å². The minimum absolute atomic E-state index is 0.0251. The molecule has 1 aromatic heterocycles. The number of ether oxygens (including phenoxy) is 2. The summed E-state index contributed by atoms with van der Waals surface area (Å²) in [5, 5.41) is 1.74. The molecule has 3 heterocycles. The minimum Gasteiger partial charge on any atom is -0.381 e. The van der Waals surface area contributed by atoms with E-state index in [9.17, 15) is 0 Å². The molecule has 7 heteroatoms. The maximum atomic E-state index is 6.32. The summed E-state index contributed by atoms with van der Waals surface area (Å²) in [5.74, 6) is 1.41. The topological polar surface area (TPSA) is 47.5 Å². The molecule has 1 atom stereocenters. The summed E-state index contributed by atoms with van der Waals surface area (Å²) < 4.78 is 16.0. The van der Waals surface area contributed by atoms with E-state index in [2.05, 4.69) is 9.27 Å². The van der Waals surface area contributed by atoms with Crippen molar-refractivity contribution in [2.75, 3.05) is 37.8 Å². The van der Waals surface area contributed by atoms with E-state index in [4.69, 9.17) is 26.1 Å². The fraction of sp³-hybridized carbons (Fsp3) is 0.529. The van der Waals surface area contributed by atoms with Crippen LogP contribution in [0.2, 0.25) is 5.02 Å². The lowest BCUT2D eigenvalue weighted by Gasteiger charge is -2.33. The number of nitrogens with zero attached hydrogens (tertiary/aromatic N) is 3. The molecule has 2 aliphatic rings. The predicted molar refractivity (Wildman–Crippen MR) is 95.1 cm³/mol. The van der Waals surface area contributed by atoms with Gasteiger partial charge in [-0.05, 0) is 18.9 Å². The standard InChI is InChI=1S/C17H20ClN3O2S/c18-14-4-2-1-3-13(14)15-11-21(7-10-23-15)17-19-16(20-24-17)12-5-8-22-9-6-12/h1-4,12,15H,5-11H2. The fourth-order valence-electron chi connectivity index (χ4n) is 3.22. The van der Waals surface area contributed by atoms with Gasteiger partial charge in [0.25, 0.3) is 0 Å². The highest BCUT2D eigenvalue weighted by Gasteiger charge is 2.27. The maximum Gasteiger partial charge on any atom is 0.205 e. The van der Waals surface area contributed by atoms with Crippen LogP contribution in [0.3, 0.4) is 0 Å². The third-order valence-corrected chi connectivity index (χ3v) is 5.74. The maximum absolute atomic E-state index is 6.32. The molecule has 0 radical (unpaired) electrons. The molecule has 0 amide bonds. The monoisotopic (exact) mass is 365 g/mol. The second-order valence-electron chi connectivity index (χ2n) is 6.15. The normalized spacial score (nSPS) is 22.7. The van der Waals surface area contributed by atoms with E-state index < -0.39 is 0 Å². The molecule has 24 heavy (non-hydrogen) atoms. The summed E-state index contributed by atoms with van der Waals surface area (Å²) in [6, 6.07) is 7.88. The van der Waals surface area contributed by atoms with E-state index >= 15 is 0 Å². The number of halogens is 1. The van der Waals surface area contributed by atoms with Crippen LogP contribution in [0.5, 0.6) is 0 Å². The summed E-state index contributed by atoms with van der Waals surface area (Å²) in [4.78, 5) is 7.06. The van der Waals surface area contributed by atoms with Gasteiger partial charge in [0, 0.05) is 47.8 Å². The van der Waals surface area contributed by atoms with E-state index in [-0.39, 0.29) is 6.10 Å². The third-order valence-electron chi connectivity index (χ3n) is 4.61. The van der Waals surface area contributed by atoms with Gasteiger partial charge in [-0.15, -0.1) is 0 Å². The average molecular weight is 366 g/mol. The van der Waals surface area contributed by atoms with E-state index in [1.165, 1.54) is 11.5 Å². The Morgan fingerprint density at radius 3 is 2.83 bits per heavy atom. The number of aromatic nitrogens is 2. The highest BCUT2D eigenvalue weighted by atomic mass is 35.5. The second-order valence-corrected chi connectivity index (χ2v) is 7.29. The molecule has 0 N–H and O–H groups in total. The first-order valence-corrected chi connectivity index (χ1v) is 9.49. The lowest BCUT2D eigenvalue weighted by atomic mass is 10.00. The van der Waals surface area contributed by atoms with Gasteiger partial charge in [0.2, 0.25) is 5.13 Å². The number of hydrogen-bond acceptors (Lipinski definition) is 6. The first kappa shape index (κ1) is 16.3. The Labute approximate surface area is 150 Å². The molecule has 2 saturated heterocycles. The zero-order valence-electron chi connectivity index (χ0n) is 13.4. The second kappa shape index (κ2) is 7.35. The number of morpholine rings is 1. The van der Waals surface area contributed by atoms with Crippen molar-refractivity contribution in [3.05, 3.63) is 40.7 Å². The Kier molecular flexibility index (Phi) is 4.98. The summed E-state index contributed by atoms with van der Waals surface area (Å²) in [5.41, 5.74) is 1.04. The van der Waals surface area contributed by atoms with Crippen molar-refractivity contribution in [2.24, 2.45) is 0 Å². The first-order valence-electron chi connectivity index (χ1n) is 8.33. The summed E-state index contributed by atoms with van der Waals surface area (Å²) in [6.07, 6.45) is 2.01. The molecule has 2 aromatic rings. The van der Waals surface area contributed by atoms with Crippen molar-refractivity contribution in [1.82, 2.24) is 9.36 Å². The Balaban J connectivity index is 1.48. The molecule has 5 nitrogen and oxygen atoms in total. The number of rotatable bonds is 3. The van der Waals surface area contributed by atoms with Crippen LogP contribution in [-0.2, 0) is 9.47 Å². The molecule has 0 bridgehead atoms. The van der Waals surface area contributed by atoms with Crippen LogP contribution < -0.4 is 4.90 Å². The van der Waals surface area contributed by atoms with Crippen LogP contribution in [-0.4, -0.2) is 42.3 Å². The Bertz CT molecular complexity index is 690. The van der Waals surface area contributed by atoms with Gasteiger partial charge in [-0.3, -0.25) is 0 Å². The van der Waals surface area contributed by atoms with Gasteiger partial charge in [0.15, 0.2) is 0 Å². The molecule has 4 rings (SSSR count). The smallest absolute Gasteiger partial charge is 0.205 e. The van der Waals surface area contributed by atoms with Crippen LogP contribution in [0.1, 0.15) is 36.3 Å². The van der Waals surface area contributed by atoms with Crippen LogP contribution in [0.4, 0.5) is 5.13 Å². The van der Waals surface area contributed by atoms with Crippen LogP contribution in [0.25, 0.3) is 0 Å². The Morgan fingerprint density at radius 2 is 2.00 bits per heavy atom. The van der Waals surface area contributed by atoms with E-state index in [0.29, 0.717) is 12.5 Å². The molecule has 128 valence electrons. The minimum atomic E-state index is -0.0251. The van der Waals surface area contributed by atoms with Crippen molar-refractivity contribution in [3.8, 4) is 0 Å². The van der Waals surface area contributed by atoms with Crippen LogP contribution in [0, 0.1) is 0 Å². The van der Waals surface area contributed by atoms with Crippen molar-refractivity contribution >= 4 is 28.3 Å². The van der Waals surface area contributed by atoms with E-state index in [1.807, 2.05) is 24.3 Å². The molecular formula is C17H20ClN3O2S. The molecular weight excluding hydrogens is 346 g/mol. The summed E-state index contributed by atoms with van der Waals surface area (Å²) in [7, 11) is 0. The van der Waals surface area contributed by atoms with Gasteiger partial charge in [-0.2, -0.15) is 4.37 Å². The quantitative estimate of drug-likeness (QED) is 0.830. The average Bonchev–Trinajstić information content (AvgIpc) is 3.13. The van der Waals surface area contributed by atoms with Crippen molar-refractivity contribution in [2.45, 2.75) is 24.9 Å². The van der Waals surface area contributed by atoms with Gasteiger partial charge in [0.05, 0.1) is 13.2 Å². The number of hydrogen-bond donors (Lipinski definition) is 0. The molecule has 1 aromatic carbocycles. The number of anilines is 1. The molecule has 2 fully saturated rings.